The number of aryl methyl sites for hydroxylation is 1. The highest BCUT2D eigenvalue weighted by atomic mass is 79.9. The van der Waals surface area contributed by atoms with Crippen LogP contribution < -0.4 is 10.2 Å². The second-order valence-electron chi connectivity index (χ2n) is 9.13. The number of anilines is 1. The van der Waals surface area contributed by atoms with E-state index in [9.17, 15) is 0 Å². The normalized spacial score (nSPS) is 17.5. The smallest absolute Gasteiger partial charge is 0.174 e. The Morgan fingerprint density at radius 1 is 0.889 bits per heavy atom. The monoisotopic (exact) mass is 552 g/mol. The van der Waals surface area contributed by atoms with Gasteiger partial charge in [0.2, 0.25) is 0 Å². The molecule has 2 aromatic heterocycles. The average Bonchev–Trinajstić information content (AvgIpc) is 3.39. The van der Waals surface area contributed by atoms with Crippen molar-refractivity contribution < 1.29 is 0 Å². The minimum Gasteiger partial charge on any atom is -0.351 e. The van der Waals surface area contributed by atoms with Crippen molar-refractivity contribution in [2.45, 2.75) is 25.9 Å². The first-order valence-corrected chi connectivity index (χ1v) is 13.2. The number of fused-ring (bicyclic) bond motifs is 1. The highest BCUT2D eigenvalue weighted by Gasteiger charge is 2.42. The number of rotatable bonds is 4. The van der Waals surface area contributed by atoms with E-state index >= 15 is 0 Å². The van der Waals surface area contributed by atoms with Gasteiger partial charge in [-0.3, -0.25) is 4.98 Å². The Morgan fingerprint density at radius 3 is 2.42 bits per heavy atom. The van der Waals surface area contributed by atoms with E-state index in [0.29, 0.717) is 5.11 Å². The number of hydrogen-bond acceptors (Lipinski definition) is 2. The largest absolute Gasteiger partial charge is 0.351 e. The van der Waals surface area contributed by atoms with Crippen LogP contribution in [0.2, 0.25) is 0 Å². The molecule has 0 aliphatic carbocycles. The van der Waals surface area contributed by atoms with E-state index in [1.165, 1.54) is 33.4 Å². The molecular formula is C30H25BrN4S. The maximum Gasteiger partial charge on any atom is 0.174 e. The summed E-state index contributed by atoms with van der Waals surface area (Å²) in [6.07, 6.45) is 1.85. The van der Waals surface area contributed by atoms with Gasteiger partial charge in [-0.15, -0.1) is 0 Å². The SMILES string of the molecule is Cc1cc([C@@H]2[C@H](c3ccccn3)NC(=S)N2c2ccc(Br)cc2)c(C)n1-c1cccc2ccccc12. The van der Waals surface area contributed by atoms with Crippen LogP contribution in [0, 0.1) is 13.8 Å². The van der Waals surface area contributed by atoms with Gasteiger partial charge < -0.3 is 14.8 Å². The number of halogens is 1. The minimum absolute atomic E-state index is 0.0523. The fourth-order valence-corrected chi connectivity index (χ4v) is 6.02. The molecule has 178 valence electrons. The summed E-state index contributed by atoms with van der Waals surface area (Å²) in [5.41, 5.74) is 6.82. The molecule has 0 saturated carbocycles. The van der Waals surface area contributed by atoms with Crippen molar-refractivity contribution in [3.8, 4) is 5.69 Å². The molecular weight excluding hydrogens is 528 g/mol. The molecule has 1 saturated heterocycles. The van der Waals surface area contributed by atoms with Gasteiger partial charge in [0.15, 0.2) is 5.11 Å². The van der Waals surface area contributed by atoms with Crippen LogP contribution in [-0.4, -0.2) is 14.7 Å². The van der Waals surface area contributed by atoms with Gasteiger partial charge in [-0.1, -0.05) is 58.4 Å². The van der Waals surface area contributed by atoms with Gasteiger partial charge in [0.25, 0.3) is 0 Å². The van der Waals surface area contributed by atoms with Gasteiger partial charge in [0.05, 0.1) is 23.5 Å². The van der Waals surface area contributed by atoms with Gasteiger partial charge >= 0.3 is 0 Å². The zero-order valence-corrected chi connectivity index (χ0v) is 22.4. The Morgan fingerprint density at radius 2 is 1.64 bits per heavy atom. The number of thiocarbonyl (C=S) groups is 1. The Balaban J connectivity index is 1.55. The van der Waals surface area contributed by atoms with Gasteiger partial charge in [0, 0.05) is 33.1 Å². The minimum atomic E-state index is -0.0798. The molecule has 0 amide bonds. The predicted octanol–water partition coefficient (Wildman–Crippen LogP) is 7.58. The van der Waals surface area contributed by atoms with Crippen LogP contribution in [0.5, 0.6) is 0 Å². The predicted molar refractivity (Wildman–Crippen MR) is 155 cm³/mol. The van der Waals surface area contributed by atoms with E-state index in [1.807, 2.05) is 18.3 Å². The summed E-state index contributed by atoms with van der Waals surface area (Å²) in [5, 5.41) is 6.75. The highest BCUT2D eigenvalue weighted by molar-refractivity contribution is 9.10. The fourth-order valence-electron chi connectivity index (χ4n) is 5.41. The number of aromatic nitrogens is 2. The lowest BCUT2D eigenvalue weighted by atomic mass is 9.96. The standard InChI is InChI=1S/C30H25BrN4S/c1-19-18-25(20(2)34(19)27-12-7-9-21-8-3-4-10-24(21)27)29-28(26-11-5-6-17-32-26)33-30(36)35(29)23-15-13-22(31)14-16-23/h3-18,28-29H,1-2H3,(H,33,36)/t28-,29+/m0/s1. The number of nitrogens with one attached hydrogen (secondary N) is 1. The fraction of sp³-hybridized carbons (Fsp3) is 0.133. The summed E-state index contributed by atoms with van der Waals surface area (Å²) in [7, 11) is 0. The summed E-state index contributed by atoms with van der Waals surface area (Å²) in [5.74, 6) is 0. The van der Waals surface area contributed by atoms with Crippen molar-refractivity contribution in [3.63, 3.8) is 0 Å². The van der Waals surface area contributed by atoms with Crippen LogP contribution in [0.3, 0.4) is 0 Å². The Kier molecular flexibility index (Phi) is 5.86. The number of nitrogens with zero attached hydrogens (tertiary/aromatic N) is 3. The summed E-state index contributed by atoms with van der Waals surface area (Å²) in [6, 6.07) is 31.6. The summed E-state index contributed by atoms with van der Waals surface area (Å²) >= 11 is 9.49. The van der Waals surface area contributed by atoms with Gasteiger partial charge in [0.1, 0.15) is 0 Å². The van der Waals surface area contributed by atoms with Crippen molar-refractivity contribution in [1.29, 1.82) is 0 Å². The van der Waals surface area contributed by atoms with Crippen molar-refractivity contribution in [2.75, 3.05) is 4.90 Å². The van der Waals surface area contributed by atoms with Gasteiger partial charge in [-0.05, 0) is 85.5 Å². The van der Waals surface area contributed by atoms with Crippen LogP contribution in [0.25, 0.3) is 16.5 Å². The van der Waals surface area contributed by atoms with E-state index in [1.54, 1.807) is 0 Å². The molecule has 2 atom stereocenters. The first-order valence-electron chi connectivity index (χ1n) is 12.0. The molecule has 6 heteroatoms. The van der Waals surface area contributed by atoms with E-state index < -0.39 is 0 Å². The highest BCUT2D eigenvalue weighted by Crippen LogP contribution is 2.44. The quantitative estimate of drug-likeness (QED) is 0.233. The first-order chi connectivity index (χ1) is 17.5. The van der Waals surface area contributed by atoms with Crippen molar-refractivity contribution in [3.05, 3.63) is 124 Å². The molecule has 1 N–H and O–H groups in total. The molecule has 0 spiro atoms. The third kappa shape index (κ3) is 3.81. The third-order valence-corrected chi connectivity index (χ3v) is 7.84. The number of pyridine rings is 1. The zero-order chi connectivity index (χ0) is 24.8. The van der Waals surface area contributed by atoms with Gasteiger partial charge in [-0.2, -0.15) is 0 Å². The molecule has 1 aliphatic heterocycles. The van der Waals surface area contributed by atoms with Gasteiger partial charge in [-0.25, -0.2) is 0 Å². The molecule has 0 unspecified atom stereocenters. The molecule has 1 fully saturated rings. The van der Waals surface area contributed by atoms with E-state index in [-0.39, 0.29) is 12.1 Å². The molecule has 36 heavy (non-hydrogen) atoms. The molecule has 4 nitrogen and oxygen atoms in total. The summed E-state index contributed by atoms with van der Waals surface area (Å²) in [6.45, 7) is 4.39. The van der Waals surface area contributed by atoms with E-state index in [4.69, 9.17) is 17.2 Å². The maximum atomic E-state index is 5.92. The molecule has 3 heterocycles. The van der Waals surface area contributed by atoms with Crippen LogP contribution in [0.1, 0.15) is 34.7 Å². The molecule has 0 bridgehead atoms. The summed E-state index contributed by atoms with van der Waals surface area (Å²) < 4.78 is 3.41. The van der Waals surface area contributed by atoms with Crippen LogP contribution >= 0.6 is 28.1 Å². The molecule has 3 aromatic carbocycles. The van der Waals surface area contributed by atoms with Crippen LogP contribution in [0.15, 0.2) is 102 Å². The third-order valence-electron chi connectivity index (χ3n) is 7.00. The Bertz CT molecular complexity index is 1570. The lowest BCUT2D eigenvalue weighted by Gasteiger charge is -2.28. The second-order valence-corrected chi connectivity index (χ2v) is 10.4. The lowest BCUT2D eigenvalue weighted by molar-refractivity contribution is 0.565. The zero-order valence-electron chi connectivity index (χ0n) is 20.0. The second kappa shape index (κ2) is 9.19. The number of benzene rings is 3. The van der Waals surface area contributed by atoms with E-state index in [0.717, 1.165) is 15.9 Å². The van der Waals surface area contributed by atoms with Crippen LogP contribution in [0.4, 0.5) is 5.69 Å². The summed E-state index contributed by atoms with van der Waals surface area (Å²) in [4.78, 5) is 6.94. The molecule has 0 radical (unpaired) electrons. The topological polar surface area (TPSA) is 33.1 Å². The van der Waals surface area contributed by atoms with Crippen molar-refractivity contribution >= 4 is 49.7 Å². The lowest BCUT2D eigenvalue weighted by Crippen LogP contribution is -2.29. The Hall–Kier alpha value is -3.48. The van der Waals surface area contributed by atoms with E-state index in [2.05, 4.69) is 123 Å². The van der Waals surface area contributed by atoms with Crippen molar-refractivity contribution in [2.24, 2.45) is 0 Å². The average molecular weight is 554 g/mol. The molecule has 1 aliphatic rings. The first kappa shape index (κ1) is 23.0. The maximum absolute atomic E-state index is 5.92. The molecule has 5 aromatic rings. The molecule has 6 rings (SSSR count). The number of hydrogen-bond donors (Lipinski definition) is 1. The van der Waals surface area contributed by atoms with Crippen molar-refractivity contribution in [1.82, 2.24) is 14.9 Å². The Labute approximate surface area is 224 Å². The van der Waals surface area contributed by atoms with Crippen LogP contribution in [-0.2, 0) is 0 Å².